The van der Waals surface area contributed by atoms with Crippen molar-refractivity contribution in [3.63, 3.8) is 0 Å². The lowest BCUT2D eigenvalue weighted by molar-refractivity contribution is -0.121. The summed E-state index contributed by atoms with van der Waals surface area (Å²) in [6.07, 6.45) is 3.00. The third kappa shape index (κ3) is 6.30. The fourth-order valence-corrected chi connectivity index (χ4v) is 2.59. The number of rotatable bonds is 8. The molecular formula is C9H17ClN2O3S. The van der Waals surface area contributed by atoms with Crippen molar-refractivity contribution in [1.82, 2.24) is 10.0 Å². The Morgan fingerprint density at radius 3 is 2.62 bits per heavy atom. The number of hydrogen-bond donors (Lipinski definition) is 2. The summed E-state index contributed by atoms with van der Waals surface area (Å²) in [5.74, 6) is -0.000565. The summed E-state index contributed by atoms with van der Waals surface area (Å²) in [7, 11) is -3.25. The van der Waals surface area contributed by atoms with E-state index < -0.39 is 10.0 Å². The van der Waals surface area contributed by atoms with Gasteiger partial charge in [0.1, 0.15) is 0 Å². The van der Waals surface area contributed by atoms with Crippen LogP contribution < -0.4 is 10.0 Å². The molecule has 0 atom stereocenters. The van der Waals surface area contributed by atoms with Crippen molar-refractivity contribution in [3.8, 4) is 0 Å². The highest BCUT2D eigenvalue weighted by molar-refractivity contribution is 7.89. The summed E-state index contributed by atoms with van der Waals surface area (Å²) in [5.41, 5.74) is 0. The predicted molar refractivity (Wildman–Crippen MR) is 62.9 cm³/mol. The Morgan fingerprint density at radius 1 is 1.38 bits per heavy atom. The highest BCUT2D eigenvalue weighted by atomic mass is 35.5. The lowest BCUT2D eigenvalue weighted by atomic mass is 10.3. The Balaban J connectivity index is 2.04. The molecule has 94 valence electrons. The van der Waals surface area contributed by atoms with Crippen molar-refractivity contribution in [2.24, 2.45) is 0 Å². The van der Waals surface area contributed by atoms with E-state index in [-0.39, 0.29) is 24.1 Å². The Bertz CT molecular complexity index is 328. The summed E-state index contributed by atoms with van der Waals surface area (Å²) < 4.78 is 24.7. The Morgan fingerprint density at radius 2 is 2.06 bits per heavy atom. The molecule has 1 aliphatic rings. The Hall–Kier alpha value is -0.330. The molecule has 1 aliphatic carbocycles. The number of amides is 1. The van der Waals surface area contributed by atoms with Gasteiger partial charge in [0, 0.05) is 24.9 Å². The predicted octanol–water partition coefficient (Wildman–Crippen LogP) is 0.203. The molecule has 0 aromatic heterocycles. The van der Waals surface area contributed by atoms with Crippen molar-refractivity contribution < 1.29 is 13.2 Å². The highest BCUT2D eigenvalue weighted by Gasteiger charge is 2.22. The van der Waals surface area contributed by atoms with Crippen molar-refractivity contribution in [1.29, 1.82) is 0 Å². The van der Waals surface area contributed by atoms with E-state index in [0.29, 0.717) is 18.9 Å². The maximum atomic E-state index is 11.2. The number of hydrogen-bond acceptors (Lipinski definition) is 3. The number of carbonyl (C=O) groups excluding carboxylic acids is 1. The average Bonchev–Trinajstić information content (AvgIpc) is 2.96. The molecule has 0 aromatic rings. The molecule has 0 saturated heterocycles. The maximum Gasteiger partial charge on any atom is 0.220 e. The summed E-state index contributed by atoms with van der Waals surface area (Å²) in [6, 6.07) is 0.362. The number of carbonyl (C=O) groups is 1. The zero-order valence-corrected chi connectivity index (χ0v) is 10.6. The molecule has 0 bridgehead atoms. The molecule has 16 heavy (non-hydrogen) atoms. The Kier molecular flexibility index (Phi) is 5.51. The molecular weight excluding hydrogens is 252 g/mol. The summed E-state index contributed by atoms with van der Waals surface area (Å²) in [5, 5.41) is 2.84. The topological polar surface area (TPSA) is 75.3 Å². The Labute approximate surface area is 101 Å². The molecule has 0 aliphatic heterocycles. The zero-order chi connectivity index (χ0) is 12.0. The van der Waals surface area contributed by atoms with Crippen LogP contribution >= 0.6 is 11.6 Å². The minimum atomic E-state index is -3.25. The second-order valence-electron chi connectivity index (χ2n) is 3.85. The van der Waals surface area contributed by atoms with Gasteiger partial charge in [-0.05, 0) is 19.3 Å². The molecule has 5 nitrogen and oxygen atoms in total. The van der Waals surface area contributed by atoms with Gasteiger partial charge in [-0.1, -0.05) is 0 Å². The van der Waals surface area contributed by atoms with Gasteiger partial charge >= 0.3 is 0 Å². The van der Waals surface area contributed by atoms with Gasteiger partial charge in [0.25, 0.3) is 0 Å². The van der Waals surface area contributed by atoms with Crippen LogP contribution in [-0.4, -0.2) is 38.5 Å². The number of halogens is 1. The van der Waals surface area contributed by atoms with Crippen LogP contribution in [0.3, 0.4) is 0 Å². The van der Waals surface area contributed by atoms with Gasteiger partial charge in [-0.3, -0.25) is 4.79 Å². The van der Waals surface area contributed by atoms with Crippen LogP contribution in [0.5, 0.6) is 0 Å². The van der Waals surface area contributed by atoms with Gasteiger partial charge in [0.05, 0.1) is 5.75 Å². The van der Waals surface area contributed by atoms with Crippen molar-refractivity contribution in [2.75, 3.05) is 18.2 Å². The van der Waals surface area contributed by atoms with E-state index in [2.05, 4.69) is 10.0 Å². The van der Waals surface area contributed by atoms with Crippen molar-refractivity contribution in [2.45, 2.75) is 31.7 Å². The maximum absolute atomic E-state index is 11.2. The van der Waals surface area contributed by atoms with Crippen LogP contribution in [0.4, 0.5) is 0 Å². The number of nitrogens with one attached hydrogen (secondary N) is 2. The van der Waals surface area contributed by atoms with Crippen LogP contribution in [-0.2, 0) is 14.8 Å². The summed E-state index contributed by atoms with van der Waals surface area (Å²) >= 11 is 5.33. The summed E-state index contributed by atoms with van der Waals surface area (Å²) in [4.78, 5) is 11.2. The third-order valence-corrected chi connectivity index (χ3v) is 3.99. The molecule has 0 aromatic carbocycles. The van der Waals surface area contributed by atoms with Gasteiger partial charge in [-0.25, -0.2) is 13.1 Å². The van der Waals surface area contributed by atoms with Gasteiger partial charge in [0.2, 0.25) is 15.9 Å². The fraction of sp³-hybridized carbons (Fsp3) is 0.889. The largest absolute Gasteiger partial charge is 0.353 e. The number of alkyl halides is 1. The number of sulfonamides is 1. The summed E-state index contributed by atoms with van der Waals surface area (Å²) in [6.45, 7) is 0.289. The van der Waals surface area contributed by atoms with E-state index in [1.807, 2.05) is 0 Å². The minimum Gasteiger partial charge on any atom is -0.353 e. The molecule has 0 heterocycles. The first-order valence-corrected chi connectivity index (χ1v) is 7.55. The van der Waals surface area contributed by atoms with E-state index in [4.69, 9.17) is 11.6 Å². The van der Waals surface area contributed by atoms with E-state index in [0.717, 1.165) is 12.8 Å². The first-order valence-electron chi connectivity index (χ1n) is 5.36. The van der Waals surface area contributed by atoms with Crippen LogP contribution in [0.25, 0.3) is 0 Å². The first-order chi connectivity index (χ1) is 7.53. The van der Waals surface area contributed by atoms with E-state index >= 15 is 0 Å². The van der Waals surface area contributed by atoms with E-state index in [9.17, 15) is 13.2 Å². The normalized spacial score (nSPS) is 16.1. The average molecular weight is 269 g/mol. The second kappa shape index (κ2) is 6.42. The van der Waals surface area contributed by atoms with Crippen LogP contribution in [0.1, 0.15) is 25.7 Å². The second-order valence-corrected chi connectivity index (χ2v) is 6.15. The van der Waals surface area contributed by atoms with Crippen molar-refractivity contribution in [3.05, 3.63) is 0 Å². The zero-order valence-electron chi connectivity index (χ0n) is 9.04. The van der Waals surface area contributed by atoms with Gasteiger partial charge < -0.3 is 5.32 Å². The molecule has 0 unspecified atom stereocenters. The van der Waals surface area contributed by atoms with Crippen molar-refractivity contribution >= 4 is 27.5 Å². The molecule has 0 spiro atoms. The molecule has 2 N–H and O–H groups in total. The van der Waals surface area contributed by atoms with E-state index in [1.165, 1.54) is 0 Å². The minimum absolute atomic E-state index is 0.000888. The van der Waals surface area contributed by atoms with E-state index in [1.54, 1.807) is 0 Å². The smallest absolute Gasteiger partial charge is 0.220 e. The van der Waals surface area contributed by atoms with Gasteiger partial charge in [0.15, 0.2) is 0 Å². The van der Waals surface area contributed by atoms with Crippen LogP contribution in [0, 0.1) is 0 Å². The third-order valence-electron chi connectivity index (χ3n) is 2.19. The highest BCUT2D eigenvalue weighted by Crippen LogP contribution is 2.18. The van der Waals surface area contributed by atoms with Gasteiger partial charge in [-0.2, -0.15) is 0 Å². The fourth-order valence-electron chi connectivity index (χ4n) is 1.18. The molecule has 1 amide bonds. The molecule has 0 radical (unpaired) electrons. The SMILES string of the molecule is O=C(CCCNS(=O)(=O)CCCl)NC1CC1. The van der Waals surface area contributed by atoms with Gasteiger partial charge in [-0.15, -0.1) is 11.6 Å². The molecule has 1 fully saturated rings. The van der Waals surface area contributed by atoms with Crippen LogP contribution in [0.2, 0.25) is 0 Å². The monoisotopic (exact) mass is 268 g/mol. The standard InChI is InChI=1S/C9H17ClN2O3S/c10-5-7-16(14,15)11-6-1-2-9(13)12-8-3-4-8/h8,11H,1-7H2,(H,12,13). The lowest BCUT2D eigenvalue weighted by Gasteiger charge is -2.05. The van der Waals surface area contributed by atoms with Crippen LogP contribution in [0.15, 0.2) is 0 Å². The molecule has 1 rings (SSSR count). The quantitative estimate of drug-likeness (QED) is 0.488. The first kappa shape index (κ1) is 13.7. The lowest BCUT2D eigenvalue weighted by Crippen LogP contribution is -2.30. The molecule has 7 heteroatoms. The molecule has 1 saturated carbocycles.